The average Bonchev–Trinajstić information content (AvgIpc) is 2.68. The van der Waals surface area contributed by atoms with Gasteiger partial charge in [-0.15, -0.1) is 0 Å². The van der Waals surface area contributed by atoms with Crippen LogP contribution in [0, 0.1) is 0 Å². The van der Waals surface area contributed by atoms with Gasteiger partial charge in [-0.1, -0.05) is 0 Å². The highest BCUT2D eigenvalue weighted by molar-refractivity contribution is 7.93. The van der Waals surface area contributed by atoms with E-state index in [0.717, 1.165) is 12.0 Å². The number of ether oxygens (including phenoxy) is 1. The molecule has 0 aliphatic carbocycles. The molecule has 1 fully saturated rings. The van der Waals surface area contributed by atoms with E-state index in [1.165, 1.54) is 16.8 Å². The van der Waals surface area contributed by atoms with E-state index in [1.54, 1.807) is 6.26 Å². The van der Waals surface area contributed by atoms with Gasteiger partial charge in [-0.05, 0) is 18.1 Å². The molecule has 0 amide bonds. The number of aromatic nitrogens is 2. The first-order chi connectivity index (χ1) is 9.08. The van der Waals surface area contributed by atoms with E-state index >= 15 is 0 Å². The summed E-state index contributed by atoms with van der Waals surface area (Å²) in [6.45, 7) is -0.372. The van der Waals surface area contributed by atoms with Crippen molar-refractivity contribution in [2.45, 2.75) is 24.5 Å². The summed E-state index contributed by atoms with van der Waals surface area (Å²) in [6, 6.07) is 1.44. The molecule has 8 nitrogen and oxygen atoms in total. The van der Waals surface area contributed by atoms with Crippen molar-refractivity contribution in [2.75, 3.05) is 18.6 Å². The molecule has 0 aromatic carbocycles. The molecule has 0 bridgehead atoms. The standard InChI is InChI=1S/C10H15N3O5S/c1-19-18-8-7(15)5(4-14)17-9(8)13-3-2-6(11)12-10(13)16/h2-3,5,7-9,14-15H,4H2,1H3,(H2,11,12,16)/t5-,7+,8-,9-/m1/s1. The monoisotopic (exact) mass is 289 g/mol. The number of aliphatic hydroxyl groups excluding tert-OH is 2. The molecule has 1 aromatic rings. The third-order valence-corrected chi connectivity index (χ3v) is 3.24. The van der Waals surface area contributed by atoms with Gasteiger partial charge in [0.2, 0.25) is 0 Å². The molecule has 1 aliphatic heterocycles. The number of nitrogens with zero attached hydrogens (tertiary/aromatic N) is 2. The predicted octanol–water partition coefficient (Wildman–Crippen LogP) is -1.26. The van der Waals surface area contributed by atoms with Crippen molar-refractivity contribution in [3.05, 3.63) is 22.7 Å². The first-order valence-corrected chi connectivity index (χ1v) is 6.72. The fourth-order valence-corrected chi connectivity index (χ4v) is 2.36. The van der Waals surface area contributed by atoms with Crippen LogP contribution >= 0.6 is 12.0 Å². The van der Waals surface area contributed by atoms with Crippen molar-refractivity contribution in [1.82, 2.24) is 9.55 Å². The van der Waals surface area contributed by atoms with Crippen molar-refractivity contribution in [1.29, 1.82) is 0 Å². The lowest BCUT2D eigenvalue weighted by molar-refractivity contribution is -0.0511. The van der Waals surface area contributed by atoms with Crippen molar-refractivity contribution < 1.29 is 19.1 Å². The molecule has 0 saturated carbocycles. The molecule has 2 rings (SSSR count). The van der Waals surface area contributed by atoms with Gasteiger partial charge in [-0.2, -0.15) is 4.98 Å². The number of rotatable bonds is 4. The molecule has 1 aliphatic rings. The van der Waals surface area contributed by atoms with Gasteiger partial charge < -0.3 is 24.9 Å². The molecule has 0 spiro atoms. The van der Waals surface area contributed by atoms with Crippen LogP contribution in [0.25, 0.3) is 0 Å². The van der Waals surface area contributed by atoms with Gasteiger partial charge in [0.1, 0.15) is 24.1 Å². The minimum absolute atomic E-state index is 0.0980. The Morgan fingerprint density at radius 3 is 3.00 bits per heavy atom. The Kier molecular flexibility index (Phi) is 4.42. The third kappa shape index (κ3) is 2.74. The van der Waals surface area contributed by atoms with Crippen LogP contribution < -0.4 is 11.4 Å². The zero-order valence-electron chi connectivity index (χ0n) is 10.2. The van der Waals surface area contributed by atoms with E-state index in [9.17, 15) is 9.90 Å². The SMILES string of the molecule is CSO[C@@H]1[C@@H](O)[C@@H](CO)O[C@H]1n1ccc(N)nc1=O. The van der Waals surface area contributed by atoms with Crippen LogP contribution in [-0.4, -0.2) is 50.9 Å². The van der Waals surface area contributed by atoms with E-state index in [0.29, 0.717) is 0 Å². The highest BCUT2D eigenvalue weighted by atomic mass is 32.2. The predicted molar refractivity (Wildman–Crippen MR) is 68.3 cm³/mol. The molecule has 19 heavy (non-hydrogen) atoms. The second-order valence-electron chi connectivity index (χ2n) is 4.01. The summed E-state index contributed by atoms with van der Waals surface area (Å²) in [4.78, 5) is 15.4. The molecule has 4 N–H and O–H groups in total. The molecule has 0 unspecified atom stereocenters. The topological polar surface area (TPSA) is 120 Å². The lowest BCUT2D eigenvalue weighted by Gasteiger charge is -2.20. The minimum atomic E-state index is -1.04. The third-order valence-electron chi connectivity index (χ3n) is 2.83. The zero-order valence-corrected chi connectivity index (χ0v) is 11.0. The Hall–Kier alpha value is -1.13. The largest absolute Gasteiger partial charge is 0.394 e. The maximum atomic E-state index is 11.8. The Morgan fingerprint density at radius 1 is 1.68 bits per heavy atom. The maximum Gasteiger partial charge on any atom is 0.351 e. The molecule has 2 heterocycles. The van der Waals surface area contributed by atoms with E-state index in [2.05, 4.69) is 4.98 Å². The van der Waals surface area contributed by atoms with Gasteiger partial charge in [0.25, 0.3) is 0 Å². The highest BCUT2D eigenvalue weighted by Gasteiger charge is 2.46. The van der Waals surface area contributed by atoms with Gasteiger partial charge >= 0.3 is 5.69 Å². The summed E-state index contributed by atoms with van der Waals surface area (Å²) >= 11 is 1.04. The maximum absolute atomic E-state index is 11.8. The Labute approximate surface area is 113 Å². The van der Waals surface area contributed by atoms with Crippen molar-refractivity contribution in [3.8, 4) is 0 Å². The Bertz CT molecular complexity index is 496. The van der Waals surface area contributed by atoms with Crippen LogP contribution in [0.3, 0.4) is 0 Å². The molecule has 106 valence electrons. The van der Waals surface area contributed by atoms with Crippen molar-refractivity contribution >= 4 is 17.9 Å². The van der Waals surface area contributed by atoms with Gasteiger partial charge in [0.05, 0.1) is 6.61 Å². The Morgan fingerprint density at radius 2 is 2.42 bits per heavy atom. The zero-order chi connectivity index (χ0) is 14.0. The molecule has 9 heteroatoms. The first-order valence-electron chi connectivity index (χ1n) is 5.57. The highest BCUT2D eigenvalue weighted by Crippen LogP contribution is 2.32. The van der Waals surface area contributed by atoms with Gasteiger partial charge in [-0.25, -0.2) is 4.79 Å². The smallest absolute Gasteiger partial charge is 0.351 e. The Balaban J connectivity index is 2.33. The molecular weight excluding hydrogens is 274 g/mol. The lowest BCUT2D eigenvalue weighted by Crippen LogP contribution is -2.37. The number of hydrogen-bond acceptors (Lipinski definition) is 8. The quantitative estimate of drug-likeness (QED) is 0.587. The number of nitrogens with two attached hydrogens (primary N) is 1. The van der Waals surface area contributed by atoms with Crippen molar-refractivity contribution in [3.63, 3.8) is 0 Å². The van der Waals surface area contributed by atoms with E-state index < -0.39 is 30.2 Å². The summed E-state index contributed by atoms with van der Waals surface area (Å²) in [5.74, 6) is 0.0980. The summed E-state index contributed by atoms with van der Waals surface area (Å²) in [5.41, 5.74) is 4.80. The number of aliphatic hydroxyl groups is 2. The summed E-state index contributed by atoms with van der Waals surface area (Å²) in [6.07, 6.45) is -0.396. The normalized spacial score (nSPS) is 30.7. The minimum Gasteiger partial charge on any atom is -0.394 e. The summed E-state index contributed by atoms with van der Waals surface area (Å²) in [7, 11) is 0. The number of anilines is 1. The number of hydrogen-bond donors (Lipinski definition) is 3. The molecule has 1 aromatic heterocycles. The van der Waals surface area contributed by atoms with Crippen LogP contribution in [-0.2, 0) is 8.92 Å². The molecular formula is C10H15N3O5S. The van der Waals surface area contributed by atoms with Crippen LogP contribution in [0.4, 0.5) is 5.82 Å². The lowest BCUT2D eigenvalue weighted by atomic mass is 10.1. The fraction of sp³-hybridized carbons (Fsp3) is 0.600. The number of nitrogen functional groups attached to an aromatic ring is 1. The van der Waals surface area contributed by atoms with Crippen molar-refractivity contribution in [2.24, 2.45) is 0 Å². The second-order valence-corrected chi connectivity index (χ2v) is 4.53. The first kappa shape index (κ1) is 14.3. The van der Waals surface area contributed by atoms with Gasteiger partial charge in [0, 0.05) is 12.5 Å². The van der Waals surface area contributed by atoms with Crippen LogP contribution in [0.2, 0.25) is 0 Å². The summed E-state index contributed by atoms with van der Waals surface area (Å²) < 4.78 is 11.9. The second kappa shape index (κ2) is 5.88. The average molecular weight is 289 g/mol. The molecule has 1 saturated heterocycles. The molecule has 4 atom stereocenters. The van der Waals surface area contributed by atoms with E-state index in [1.807, 2.05) is 0 Å². The molecule has 0 radical (unpaired) electrons. The van der Waals surface area contributed by atoms with Crippen LogP contribution in [0.5, 0.6) is 0 Å². The van der Waals surface area contributed by atoms with Crippen LogP contribution in [0.1, 0.15) is 6.23 Å². The van der Waals surface area contributed by atoms with Crippen LogP contribution in [0.15, 0.2) is 17.1 Å². The van der Waals surface area contributed by atoms with Gasteiger partial charge in [-0.3, -0.25) is 4.57 Å². The van der Waals surface area contributed by atoms with E-state index in [-0.39, 0.29) is 12.4 Å². The fourth-order valence-electron chi connectivity index (χ4n) is 1.93. The van der Waals surface area contributed by atoms with E-state index in [4.69, 9.17) is 19.8 Å². The van der Waals surface area contributed by atoms with Gasteiger partial charge in [0.15, 0.2) is 6.23 Å². The summed E-state index contributed by atoms with van der Waals surface area (Å²) in [5, 5.41) is 19.1.